The molecule has 254 valence electrons. The van der Waals surface area contributed by atoms with Gasteiger partial charge in [0.15, 0.2) is 6.61 Å². The summed E-state index contributed by atoms with van der Waals surface area (Å²) in [5, 5.41) is 8.20. The molecular weight excluding hydrogens is 618 g/mol. The number of carbonyl (C=O) groups excluding carboxylic acids is 4. The minimum atomic E-state index is -1.21. The topological polar surface area (TPSA) is 157 Å². The SMILES string of the molecule is COC(=O)CCCOCCOCCNC(=O)COc1cccc(C2=NC(NC(=O)Nc3cccc(C)c3)C(=O)N(C)c3ccccc32)c1. The molecule has 1 heterocycles. The number of nitrogens with one attached hydrogen (secondary N) is 3. The number of esters is 1. The van der Waals surface area contributed by atoms with Crippen molar-refractivity contribution in [3.05, 3.63) is 89.5 Å². The molecule has 0 aromatic heterocycles. The average molecular weight is 660 g/mol. The van der Waals surface area contributed by atoms with Gasteiger partial charge in [-0.3, -0.25) is 14.4 Å². The number of methoxy groups -OCH3 is 1. The van der Waals surface area contributed by atoms with Gasteiger partial charge in [0.25, 0.3) is 11.8 Å². The van der Waals surface area contributed by atoms with Crippen LogP contribution in [-0.2, 0) is 28.6 Å². The van der Waals surface area contributed by atoms with Crippen LogP contribution in [0.2, 0.25) is 0 Å². The highest BCUT2D eigenvalue weighted by Gasteiger charge is 2.31. The maximum absolute atomic E-state index is 13.5. The van der Waals surface area contributed by atoms with Crippen LogP contribution in [0, 0.1) is 6.92 Å². The summed E-state index contributed by atoms with van der Waals surface area (Å²) in [6.07, 6.45) is -0.321. The summed E-state index contributed by atoms with van der Waals surface area (Å²) in [7, 11) is 2.99. The van der Waals surface area contributed by atoms with E-state index in [2.05, 4.69) is 20.7 Å². The van der Waals surface area contributed by atoms with Crippen LogP contribution in [0.4, 0.5) is 16.2 Å². The van der Waals surface area contributed by atoms with E-state index >= 15 is 0 Å². The number of ether oxygens (including phenoxy) is 4. The van der Waals surface area contributed by atoms with Gasteiger partial charge >= 0.3 is 12.0 Å². The Bertz CT molecular complexity index is 1610. The molecule has 13 heteroatoms. The summed E-state index contributed by atoms with van der Waals surface area (Å²) in [5.41, 5.74) is 4.00. The summed E-state index contributed by atoms with van der Waals surface area (Å²) in [4.78, 5) is 56.1. The zero-order valence-electron chi connectivity index (χ0n) is 27.3. The van der Waals surface area contributed by atoms with Crippen molar-refractivity contribution >= 4 is 40.9 Å². The number of benzene rings is 3. The van der Waals surface area contributed by atoms with E-state index in [1.807, 2.05) is 55.5 Å². The van der Waals surface area contributed by atoms with Crippen LogP contribution in [-0.4, -0.2) is 89.4 Å². The maximum Gasteiger partial charge on any atom is 0.321 e. The second-order valence-electron chi connectivity index (χ2n) is 10.8. The minimum Gasteiger partial charge on any atom is -0.484 e. The summed E-state index contributed by atoms with van der Waals surface area (Å²) in [5.74, 6) is -0.575. The number of hydrogen-bond acceptors (Lipinski definition) is 9. The highest BCUT2D eigenvalue weighted by molar-refractivity contribution is 6.20. The fourth-order valence-corrected chi connectivity index (χ4v) is 4.80. The van der Waals surface area contributed by atoms with Crippen molar-refractivity contribution < 1.29 is 38.1 Å². The Balaban J connectivity index is 1.33. The van der Waals surface area contributed by atoms with Crippen LogP contribution in [0.3, 0.4) is 0 Å². The molecule has 1 aliphatic rings. The summed E-state index contributed by atoms with van der Waals surface area (Å²) in [6.45, 7) is 3.47. The van der Waals surface area contributed by atoms with Gasteiger partial charge in [0.2, 0.25) is 6.17 Å². The number of rotatable bonds is 16. The van der Waals surface area contributed by atoms with Crippen LogP contribution in [0.15, 0.2) is 77.8 Å². The van der Waals surface area contributed by atoms with E-state index in [1.165, 1.54) is 12.0 Å². The van der Waals surface area contributed by atoms with E-state index < -0.39 is 18.1 Å². The molecule has 3 aromatic rings. The fraction of sp³-hybridized carbons (Fsp3) is 0.343. The zero-order valence-corrected chi connectivity index (χ0v) is 27.3. The van der Waals surface area contributed by atoms with E-state index in [-0.39, 0.29) is 18.5 Å². The van der Waals surface area contributed by atoms with Gasteiger partial charge in [-0.05, 0) is 49.2 Å². The van der Waals surface area contributed by atoms with Crippen molar-refractivity contribution in [1.29, 1.82) is 0 Å². The molecular formula is C35H41N5O8. The van der Waals surface area contributed by atoms with Gasteiger partial charge in [0.1, 0.15) is 5.75 Å². The van der Waals surface area contributed by atoms with E-state index in [4.69, 9.17) is 19.2 Å². The molecule has 4 amide bonds. The molecule has 0 fully saturated rings. The normalized spacial score (nSPS) is 13.9. The number of likely N-dealkylation sites (N-methyl/N-ethyl adjacent to an activating group) is 1. The number of fused-ring (bicyclic) bond motifs is 1. The van der Waals surface area contributed by atoms with E-state index in [1.54, 1.807) is 31.3 Å². The molecule has 0 bridgehead atoms. The molecule has 0 saturated heterocycles. The van der Waals surface area contributed by atoms with Crippen molar-refractivity contribution in [2.45, 2.75) is 25.9 Å². The molecule has 1 aliphatic heterocycles. The molecule has 0 radical (unpaired) electrons. The van der Waals surface area contributed by atoms with Crippen molar-refractivity contribution in [2.24, 2.45) is 4.99 Å². The molecule has 0 saturated carbocycles. The lowest BCUT2D eigenvalue weighted by atomic mass is 10.00. The number of aliphatic imine (C=N–C) groups is 1. The number of anilines is 2. The number of para-hydroxylation sites is 1. The lowest BCUT2D eigenvalue weighted by Crippen LogP contribution is -2.47. The van der Waals surface area contributed by atoms with Crippen LogP contribution >= 0.6 is 0 Å². The van der Waals surface area contributed by atoms with Crippen LogP contribution in [0.5, 0.6) is 5.75 Å². The highest BCUT2D eigenvalue weighted by atomic mass is 16.5. The summed E-state index contributed by atoms with van der Waals surface area (Å²) >= 11 is 0. The Kier molecular flexibility index (Phi) is 13.5. The second kappa shape index (κ2) is 18.2. The third-order valence-electron chi connectivity index (χ3n) is 7.20. The quantitative estimate of drug-likeness (QED) is 0.156. The predicted octanol–water partition coefficient (Wildman–Crippen LogP) is 3.44. The standard InChI is InChI=1S/C35H41N5O8/c1-24-9-6-11-26(21-24)37-35(44)39-33-34(43)40(2)29-14-5-4-13-28(29)32(38-33)25-10-7-12-27(22-25)48-23-30(41)36-16-18-47-20-19-46-17-8-15-31(42)45-3/h4-7,9-14,21-22,33H,8,15-20,23H2,1-3H3,(H,36,41)(H2,37,39,44). The van der Waals surface area contributed by atoms with Gasteiger partial charge in [0.05, 0.1) is 38.3 Å². The van der Waals surface area contributed by atoms with E-state index in [0.29, 0.717) is 79.8 Å². The van der Waals surface area contributed by atoms with Gasteiger partial charge in [-0.25, -0.2) is 9.79 Å². The molecule has 1 atom stereocenters. The first-order valence-corrected chi connectivity index (χ1v) is 15.6. The van der Waals surface area contributed by atoms with Gasteiger partial charge in [-0.15, -0.1) is 0 Å². The Morgan fingerprint density at radius 2 is 1.69 bits per heavy atom. The van der Waals surface area contributed by atoms with Gasteiger partial charge in [0, 0.05) is 43.4 Å². The molecule has 0 spiro atoms. The number of nitrogens with zero attached hydrogens (tertiary/aromatic N) is 2. The van der Waals surface area contributed by atoms with Crippen molar-refractivity contribution in [1.82, 2.24) is 10.6 Å². The largest absolute Gasteiger partial charge is 0.484 e. The van der Waals surface area contributed by atoms with Crippen LogP contribution in [0.25, 0.3) is 0 Å². The molecule has 3 N–H and O–H groups in total. The number of urea groups is 1. The predicted molar refractivity (Wildman–Crippen MR) is 180 cm³/mol. The van der Waals surface area contributed by atoms with Crippen molar-refractivity contribution in [3.8, 4) is 5.75 Å². The highest BCUT2D eigenvalue weighted by Crippen LogP contribution is 2.28. The Morgan fingerprint density at radius 3 is 2.48 bits per heavy atom. The number of aryl methyl sites for hydroxylation is 1. The third kappa shape index (κ3) is 10.6. The number of hydrogen-bond donors (Lipinski definition) is 3. The Hall–Kier alpha value is -5.27. The second-order valence-corrected chi connectivity index (χ2v) is 10.8. The first kappa shape index (κ1) is 35.6. The molecule has 13 nitrogen and oxygen atoms in total. The zero-order chi connectivity index (χ0) is 34.3. The molecule has 0 aliphatic carbocycles. The first-order chi connectivity index (χ1) is 23.2. The smallest absolute Gasteiger partial charge is 0.321 e. The average Bonchev–Trinajstić information content (AvgIpc) is 3.18. The lowest BCUT2D eigenvalue weighted by Gasteiger charge is -2.21. The van der Waals surface area contributed by atoms with Crippen molar-refractivity contribution in [3.63, 3.8) is 0 Å². The van der Waals surface area contributed by atoms with Gasteiger partial charge in [-0.1, -0.05) is 42.5 Å². The van der Waals surface area contributed by atoms with E-state index in [0.717, 1.165) is 5.56 Å². The molecule has 3 aromatic carbocycles. The van der Waals surface area contributed by atoms with E-state index in [9.17, 15) is 19.2 Å². The van der Waals surface area contributed by atoms with Gasteiger partial charge < -0.3 is 39.8 Å². The molecule has 1 unspecified atom stereocenters. The minimum absolute atomic E-state index is 0.222. The lowest BCUT2D eigenvalue weighted by molar-refractivity contribution is -0.141. The van der Waals surface area contributed by atoms with Crippen molar-refractivity contribution in [2.75, 3.05) is 64.0 Å². The van der Waals surface area contributed by atoms with Crippen LogP contribution in [0.1, 0.15) is 29.5 Å². The Labute approximate surface area is 279 Å². The monoisotopic (exact) mass is 659 g/mol. The van der Waals surface area contributed by atoms with Gasteiger partial charge in [-0.2, -0.15) is 0 Å². The number of benzodiazepines with no additional fused rings is 1. The molecule has 4 rings (SSSR count). The maximum atomic E-state index is 13.5. The first-order valence-electron chi connectivity index (χ1n) is 15.6. The fourth-order valence-electron chi connectivity index (χ4n) is 4.80. The number of carbonyl (C=O) groups is 4. The van der Waals surface area contributed by atoms with Crippen LogP contribution < -0.4 is 25.6 Å². The summed E-state index contributed by atoms with van der Waals surface area (Å²) in [6, 6.07) is 21.1. The number of amides is 4. The molecule has 48 heavy (non-hydrogen) atoms. The summed E-state index contributed by atoms with van der Waals surface area (Å²) < 4.78 is 21.2. The third-order valence-corrected chi connectivity index (χ3v) is 7.20. The Morgan fingerprint density at radius 1 is 0.917 bits per heavy atom.